The molecule has 14 heavy (non-hydrogen) atoms. The Morgan fingerprint density at radius 2 is 2.29 bits per heavy atom. The van der Waals surface area contributed by atoms with E-state index in [0.717, 1.165) is 13.3 Å². The molecule has 4 nitrogen and oxygen atoms in total. The van der Waals surface area contributed by atoms with Gasteiger partial charge in [-0.25, -0.2) is 4.98 Å². The minimum atomic E-state index is -3.78. The number of hydrogen-bond acceptors (Lipinski definition) is 4. The van der Waals surface area contributed by atoms with Crippen LogP contribution in [0.4, 0.5) is 4.39 Å². The van der Waals surface area contributed by atoms with E-state index in [1.807, 2.05) is 0 Å². The van der Waals surface area contributed by atoms with E-state index in [0.29, 0.717) is 0 Å². The zero-order valence-corrected chi connectivity index (χ0v) is 8.77. The standard InChI is InChI=1S/C7H7ClFNO3S/c1-13-14(11,12)4-5-6(8)2-3-10-7(5)9/h2-3H,4H2,1H3. The topological polar surface area (TPSA) is 56.3 Å². The molecule has 0 aliphatic heterocycles. The van der Waals surface area contributed by atoms with Crippen LogP contribution in [0.2, 0.25) is 5.02 Å². The van der Waals surface area contributed by atoms with Gasteiger partial charge < -0.3 is 0 Å². The maximum atomic E-state index is 13.0. The summed E-state index contributed by atoms with van der Waals surface area (Å²) in [4.78, 5) is 3.29. The zero-order valence-electron chi connectivity index (χ0n) is 7.20. The molecule has 0 aliphatic rings. The number of nitrogens with zero attached hydrogens (tertiary/aromatic N) is 1. The van der Waals surface area contributed by atoms with Gasteiger partial charge in [-0.2, -0.15) is 12.8 Å². The van der Waals surface area contributed by atoms with Gasteiger partial charge in [-0.3, -0.25) is 4.18 Å². The van der Waals surface area contributed by atoms with Crippen molar-refractivity contribution in [2.75, 3.05) is 7.11 Å². The fraction of sp³-hybridized carbons (Fsp3) is 0.286. The normalized spacial score (nSPS) is 11.6. The Labute approximate surface area is 85.8 Å². The lowest BCUT2D eigenvalue weighted by molar-refractivity contribution is 0.396. The summed E-state index contributed by atoms with van der Waals surface area (Å²) >= 11 is 5.59. The molecule has 1 aromatic rings. The SMILES string of the molecule is COS(=O)(=O)Cc1c(Cl)ccnc1F. The molecule has 1 aromatic heterocycles. The van der Waals surface area contributed by atoms with Crippen LogP contribution in [0.3, 0.4) is 0 Å². The van der Waals surface area contributed by atoms with E-state index in [1.165, 1.54) is 6.07 Å². The van der Waals surface area contributed by atoms with Gasteiger partial charge in [-0.15, -0.1) is 0 Å². The van der Waals surface area contributed by atoms with Crippen molar-refractivity contribution in [3.05, 3.63) is 28.8 Å². The van der Waals surface area contributed by atoms with Gasteiger partial charge in [0.2, 0.25) is 5.95 Å². The Bertz CT molecular complexity index is 414. The molecule has 0 saturated heterocycles. The van der Waals surface area contributed by atoms with Crippen molar-refractivity contribution in [1.29, 1.82) is 0 Å². The highest BCUT2D eigenvalue weighted by molar-refractivity contribution is 7.85. The average Bonchev–Trinajstić information content (AvgIpc) is 2.12. The van der Waals surface area contributed by atoms with Gasteiger partial charge in [-0.05, 0) is 6.07 Å². The Hall–Kier alpha value is -0.720. The van der Waals surface area contributed by atoms with Crippen LogP contribution in [0.15, 0.2) is 12.3 Å². The zero-order chi connectivity index (χ0) is 10.8. The number of halogens is 2. The molecule has 0 bridgehead atoms. The summed E-state index contributed by atoms with van der Waals surface area (Å²) in [6.07, 6.45) is 1.15. The van der Waals surface area contributed by atoms with E-state index >= 15 is 0 Å². The van der Waals surface area contributed by atoms with Crippen molar-refractivity contribution in [2.45, 2.75) is 5.75 Å². The van der Waals surface area contributed by atoms with Crippen LogP contribution >= 0.6 is 11.6 Å². The van der Waals surface area contributed by atoms with Crippen LogP contribution in [0.25, 0.3) is 0 Å². The van der Waals surface area contributed by atoms with Crippen molar-refractivity contribution < 1.29 is 17.0 Å². The van der Waals surface area contributed by atoms with E-state index in [-0.39, 0.29) is 10.6 Å². The molecule has 0 spiro atoms. The second kappa shape index (κ2) is 4.20. The number of aromatic nitrogens is 1. The van der Waals surface area contributed by atoms with Gasteiger partial charge in [0.25, 0.3) is 10.1 Å². The fourth-order valence-electron chi connectivity index (χ4n) is 0.809. The highest BCUT2D eigenvalue weighted by atomic mass is 35.5. The molecule has 0 saturated carbocycles. The van der Waals surface area contributed by atoms with Gasteiger partial charge in [0.1, 0.15) is 5.75 Å². The predicted molar refractivity (Wildman–Crippen MR) is 48.8 cm³/mol. The Kier molecular flexibility index (Phi) is 3.41. The van der Waals surface area contributed by atoms with Gasteiger partial charge in [0.05, 0.1) is 12.1 Å². The summed E-state index contributed by atoms with van der Waals surface area (Å²) in [5.74, 6) is -1.53. The van der Waals surface area contributed by atoms with Crippen LogP contribution in [0.1, 0.15) is 5.56 Å². The Morgan fingerprint density at radius 1 is 1.64 bits per heavy atom. The van der Waals surface area contributed by atoms with Crippen LogP contribution in [0.5, 0.6) is 0 Å². The first-order valence-electron chi connectivity index (χ1n) is 3.53. The first kappa shape index (κ1) is 11.4. The molecule has 0 aliphatic carbocycles. The van der Waals surface area contributed by atoms with E-state index in [4.69, 9.17) is 11.6 Å². The quantitative estimate of drug-likeness (QED) is 0.590. The molecule has 0 unspecified atom stereocenters. The molecule has 0 aromatic carbocycles. The lowest BCUT2D eigenvalue weighted by Crippen LogP contribution is -2.08. The second-order valence-corrected chi connectivity index (χ2v) is 4.58. The third-order valence-electron chi connectivity index (χ3n) is 1.52. The lowest BCUT2D eigenvalue weighted by atomic mass is 10.3. The Balaban J connectivity index is 3.09. The highest BCUT2D eigenvalue weighted by Crippen LogP contribution is 2.19. The molecular formula is C7H7ClFNO3S. The number of pyridine rings is 1. The Morgan fingerprint density at radius 3 is 2.79 bits per heavy atom. The maximum absolute atomic E-state index is 13.0. The third-order valence-corrected chi connectivity index (χ3v) is 3.03. The van der Waals surface area contributed by atoms with Crippen molar-refractivity contribution in [1.82, 2.24) is 4.98 Å². The summed E-state index contributed by atoms with van der Waals surface area (Å²) < 4.78 is 39.2. The largest absolute Gasteiger partial charge is 0.273 e. The molecule has 0 amide bonds. The van der Waals surface area contributed by atoms with Gasteiger partial charge in [0.15, 0.2) is 0 Å². The average molecular weight is 240 g/mol. The molecular weight excluding hydrogens is 233 g/mol. The first-order valence-corrected chi connectivity index (χ1v) is 5.49. The van der Waals surface area contributed by atoms with E-state index in [1.54, 1.807) is 0 Å². The summed E-state index contributed by atoms with van der Waals surface area (Å²) in [5.41, 5.74) is -0.184. The first-order chi connectivity index (χ1) is 6.46. The number of hydrogen-bond donors (Lipinski definition) is 0. The van der Waals surface area contributed by atoms with Crippen molar-refractivity contribution >= 4 is 21.7 Å². The molecule has 78 valence electrons. The van der Waals surface area contributed by atoms with Crippen LogP contribution in [-0.2, 0) is 20.1 Å². The summed E-state index contributed by atoms with van der Waals surface area (Å²) in [6.45, 7) is 0. The molecule has 1 rings (SSSR count). The van der Waals surface area contributed by atoms with Gasteiger partial charge in [-0.1, -0.05) is 11.6 Å². The van der Waals surface area contributed by atoms with Gasteiger partial charge in [0, 0.05) is 11.8 Å². The monoisotopic (exact) mass is 239 g/mol. The van der Waals surface area contributed by atoms with Crippen LogP contribution < -0.4 is 0 Å². The summed E-state index contributed by atoms with van der Waals surface area (Å²) in [7, 11) is -2.78. The molecule has 0 N–H and O–H groups in total. The van der Waals surface area contributed by atoms with Crippen LogP contribution in [-0.4, -0.2) is 20.5 Å². The molecule has 0 radical (unpaired) electrons. The molecule has 0 atom stereocenters. The van der Waals surface area contributed by atoms with E-state index in [9.17, 15) is 12.8 Å². The summed E-state index contributed by atoms with van der Waals surface area (Å²) in [6, 6.07) is 1.31. The third kappa shape index (κ3) is 2.63. The molecule has 1 heterocycles. The van der Waals surface area contributed by atoms with Crippen molar-refractivity contribution in [2.24, 2.45) is 0 Å². The molecule has 0 fully saturated rings. The smallest absolute Gasteiger partial charge is 0.271 e. The van der Waals surface area contributed by atoms with E-state index in [2.05, 4.69) is 9.17 Å². The second-order valence-electron chi connectivity index (χ2n) is 2.43. The lowest BCUT2D eigenvalue weighted by Gasteiger charge is -2.04. The maximum Gasteiger partial charge on any atom is 0.271 e. The van der Waals surface area contributed by atoms with Crippen LogP contribution in [0, 0.1) is 5.95 Å². The van der Waals surface area contributed by atoms with Crippen molar-refractivity contribution in [3.8, 4) is 0 Å². The van der Waals surface area contributed by atoms with E-state index < -0.39 is 21.8 Å². The predicted octanol–water partition coefficient (Wildman–Crippen LogP) is 1.35. The summed E-state index contributed by atoms with van der Waals surface area (Å²) in [5, 5.41) is 0.0122. The minimum Gasteiger partial charge on any atom is -0.273 e. The van der Waals surface area contributed by atoms with Crippen molar-refractivity contribution in [3.63, 3.8) is 0 Å². The highest BCUT2D eigenvalue weighted by Gasteiger charge is 2.17. The fourth-order valence-corrected chi connectivity index (χ4v) is 1.84. The minimum absolute atomic E-state index is 0.0122. The molecule has 7 heteroatoms. The van der Waals surface area contributed by atoms with Gasteiger partial charge >= 0.3 is 0 Å². The number of rotatable bonds is 3.